The van der Waals surface area contributed by atoms with Crippen molar-refractivity contribution in [3.8, 4) is 50.2 Å². The first-order valence-corrected chi connectivity index (χ1v) is 23.4. The molecule has 68 heavy (non-hydrogen) atoms. The second kappa shape index (κ2) is 16.5. The van der Waals surface area contributed by atoms with Crippen molar-refractivity contribution in [3.05, 3.63) is 267 Å². The van der Waals surface area contributed by atoms with Gasteiger partial charge in [0.1, 0.15) is 0 Å². The molecule has 1 heterocycles. The summed E-state index contributed by atoms with van der Waals surface area (Å²) in [6.07, 6.45) is 0. The number of benzene rings is 12. The highest BCUT2D eigenvalue weighted by Gasteiger charge is 2.26. The molecule has 318 valence electrons. The van der Waals surface area contributed by atoms with Crippen LogP contribution in [0.5, 0.6) is 0 Å². The molecular formula is C66H44N2. The minimum atomic E-state index is 1.09. The van der Waals surface area contributed by atoms with E-state index >= 15 is 0 Å². The molecule has 1 aromatic heterocycles. The van der Waals surface area contributed by atoms with Crippen molar-refractivity contribution in [2.45, 2.75) is 0 Å². The van der Waals surface area contributed by atoms with E-state index in [-0.39, 0.29) is 0 Å². The lowest BCUT2D eigenvalue weighted by molar-refractivity contribution is 1.18. The summed E-state index contributed by atoms with van der Waals surface area (Å²) in [4.78, 5) is 2.54. The lowest BCUT2D eigenvalue weighted by atomic mass is 9.89. The fraction of sp³-hybridized carbons (Fsp3) is 0. The molecule has 13 aromatic rings. The Labute approximate surface area is 395 Å². The molecule has 0 unspecified atom stereocenters. The van der Waals surface area contributed by atoms with E-state index in [2.05, 4.69) is 276 Å². The summed E-state index contributed by atoms with van der Waals surface area (Å²) in [7, 11) is 0. The summed E-state index contributed by atoms with van der Waals surface area (Å²) < 4.78 is 2.41. The number of rotatable bonds is 8. The lowest BCUT2D eigenvalue weighted by Gasteiger charge is -2.32. The van der Waals surface area contributed by atoms with Gasteiger partial charge in [0.15, 0.2) is 0 Å². The molecule has 0 saturated heterocycles. The first-order chi connectivity index (χ1) is 33.8. The number of anilines is 3. The Bertz CT molecular complexity index is 4030. The summed E-state index contributed by atoms with van der Waals surface area (Å²) in [6.45, 7) is 0. The van der Waals surface area contributed by atoms with E-state index in [1.807, 2.05) is 0 Å². The molecule has 12 aromatic carbocycles. The van der Waals surface area contributed by atoms with Crippen LogP contribution in [0, 0.1) is 0 Å². The van der Waals surface area contributed by atoms with Crippen LogP contribution < -0.4 is 4.90 Å². The van der Waals surface area contributed by atoms with Crippen molar-refractivity contribution in [1.82, 2.24) is 4.57 Å². The van der Waals surface area contributed by atoms with Crippen LogP contribution in [0.2, 0.25) is 0 Å². The van der Waals surface area contributed by atoms with Crippen molar-refractivity contribution in [2.75, 3.05) is 4.90 Å². The molecule has 0 fully saturated rings. The van der Waals surface area contributed by atoms with Crippen molar-refractivity contribution in [1.29, 1.82) is 0 Å². The molecular weight excluding hydrogens is 821 g/mol. The highest BCUT2D eigenvalue weighted by molar-refractivity contribution is 6.18. The van der Waals surface area contributed by atoms with Gasteiger partial charge in [0.2, 0.25) is 0 Å². The van der Waals surface area contributed by atoms with Gasteiger partial charge in [-0.3, -0.25) is 0 Å². The second-order valence-corrected chi connectivity index (χ2v) is 17.5. The van der Waals surface area contributed by atoms with Crippen LogP contribution in [0.15, 0.2) is 267 Å². The number of aromatic nitrogens is 1. The van der Waals surface area contributed by atoms with Crippen LogP contribution in [0.25, 0.3) is 104 Å². The predicted octanol–water partition coefficient (Wildman–Crippen LogP) is 18.4. The van der Waals surface area contributed by atoms with E-state index < -0.39 is 0 Å². The topological polar surface area (TPSA) is 8.17 Å². The summed E-state index contributed by atoms with van der Waals surface area (Å²) in [6, 6.07) is 97.7. The third-order valence-corrected chi connectivity index (χ3v) is 13.8. The van der Waals surface area contributed by atoms with Crippen molar-refractivity contribution < 1.29 is 0 Å². The van der Waals surface area contributed by atoms with Gasteiger partial charge in [0.05, 0.1) is 28.1 Å². The highest BCUT2D eigenvalue weighted by Crippen LogP contribution is 2.51. The average molecular weight is 865 g/mol. The van der Waals surface area contributed by atoms with Gasteiger partial charge in [-0.2, -0.15) is 0 Å². The van der Waals surface area contributed by atoms with Gasteiger partial charge < -0.3 is 9.47 Å². The van der Waals surface area contributed by atoms with E-state index in [4.69, 9.17) is 0 Å². The van der Waals surface area contributed by atoms with Gasteiger partial charge >= 0.3 is 0 Å². The molecule has 0 bridgehead atoms. The Morgan fingerprint density at radius 1 is 0.235 bits per heavy atom. The second-order valence-electron chi connectivity index (χ2n) is 17.5. The molecule has 0 spiro atoms. The molecule has 0 aliphatic carbocycles. The van der Waals surface area contributed by atoms with Crippen molar-refractivity contribution >= 4 is 71.2 Å². The molecule has 2 nitrogen and oxygen atoms in total. The van der Waals surface area contributed by atoms with Crippen LogP contribution in [-0.2, 0) is 0 Å². The monoisotopic (exact) mass is 864 g/mol. The van der Waals surface area contributed by atoms with Crippen LogP contribution in [0.4, 0.5) is 17.1 Å². The van der Waals surface area contributed by atoms with Crippen LogP contribution in [0.3, 0.4) is 0 Å². The molecule has 2 heteroatoms. The molecule has 0 saturated carbocycles. The van der Waals surface area contributed by atoms with E-state index in [1.54, 1.807) is 0 Å². The molecule has 0 amide bonds. The van der Waals surface area contributed by atoms with Gasteiger partial charge in [0, 0.05) is 33.2 Å². The fourth-order valence-corrected chi connectivity index (χ4v) is 10.9. The number of para-hydroxylation sites is 5. The predicted molar refractivity (Wildman–Crippen MR) is 290 cm³/mol. The Hall–Kier alpha value is -8.98. The third-order valence-electron chi connectivity index (χ3n) is 13.8. The fourth-order valence-electron chi connectivity index (χ4n) is 10.9. The van der Waals surface area contributed by atoms with E-state index in [1.165, 1.54) is 81.9 Å². The molecule has 13 rings (SSSR count). The minimum Gasteiger partial charge on any atom is -0.309 e. The van der Waals surface area contributed by atoms with Gasteiger partial charge in [0.25, 0.3) is 0 Å². The Balaban J connectivity index is 1.12. The number of fused-ring (bicyclic) bond motifs is 7. The molecule has 0 radical (unpaired) electrons. The summed E-state index contributed by atoms with van der Waals surface area (Å²) in [5.41, 5.74) is 16.2. The summed E-state index contributed by atoms with van der Waals surface area (Å²) in [5, 5.41) is 9.84. The molecule has 0 aliphatic heterocycles. The minimum absolute atomic E-state index is 1.09. The van der Waals surface area contributed by atoms with Gasteiger partial charge in [-0.15, -0.1) is 0 Å². The average Bonchev–Trinajstić information content (AvgIpc) is 3.76. The zero-order chi connectivity index (χ0) is 45.0. The third kappa shape index (κ3) is 6.41. The maximum absolute atomic E-state index is 2.54. The maximum atomic E-state index is 2.54. The first-order valence-electron chi connectivity index (χ1n) is 23.4. The molecule has 0 aliphatic rings. The standard InChI is InChI=1S/C66H44N2/c1-3-21-45(22-4-1)50-33-17-24-47-25-18-36-57(65(47)50)55-30-10-14-39-61(55)68(60-38-13-9-29-54(60)52-35-19-34-51-49-28-8-7-23-46(49)43-44-53(51)52)62-40-15-11-31-56(62)58-37-20-42-64-66(58)59-32-12-16-41-63(59)67(64)48-26-5-2-6-27-48/h1-44H. The zero-order valence-corrected chi connectivity index (χ0v) is 37.3. The lowest BCUT2D eigenvalue weighted by Crippen LogP contribution is -2.13. The summed E-state index contributed by atoms with van der Waals surface area (Å²) in [5.74, 6) is 0. The number of nitrogens with zero attached hydrogens (tertiary/aromatic N) is 2. The van der Waals surface area contributed by atoms with Crippen LogP contribution in [0.1, 0.15) is 0 Å². The molecule has 0 atom stereocenters. The largest absolute Gasteiger partial charge is 0.309 e. The van der Waals surface area contributed by atoms with E-state index in [0.29, 0.717) is 0 Å². The molecule has 0 N–H and O–H groups in total. The Morgan fingerprint density at radius 3 is 1.40 bits per heavy atom. The summed E-state index contributed by atoms with van der Waals surface area (Å²) >= 11 is 0. The van der Waals surface area contributed by atoms with Gasteiger partial charge in [-0.1, -0.05) is 224 Å². The quantitative estimate of drug-likeness (QED) is 0.138. The van der Waals surface area contributed by atoms with E-state index in [9.17, 15) is 0 Å². The van der Waals surface area contributed by atoms with Crippen molar-refractivity contribution in [3.63, 3.8) is 0 Å². The maximum Gasteiger partial charge on any atom is 0.0547 e. The normalized spacial score (nSPS) is 11.5. The Kier molecular flexibility index (Phi) is 9.54. The number of hydrogen-bond donors (Lipinski definition) is 0. The van der Waals surface area contributed by atoms with E-state index in [0.717, 1.165) is 39.4 Å². The van der Waals surface area contributed by atoms with Crippen molar-refractivity contribution in [2.24, 2.45) is 0 Å². The smallest absolute Gasteiger partial charge is 0.0547 e. The highest BCUT2D eigenvalue weighted by atomic mass is 15.2. The zero-order valence-electron chi connectivity index (χ0n) is 37.3. The Morgan fingerprint density at radius 2 is 0.691 bits per heavy atom. The SMILES string of the molecule is c1ccc(-c2cccc3cccc(-c4ccccc4N(c4ccccc4-c4cccc5c4ccc4ccccc45)c4ccccc4-c4cccc5c4c4ccccc4n5-c4ccccc4)c23)cc1. The number of hydrogen-bond acceptors (Lipinski definition) is 1. The van der Waals surface area contributed by atoms with Gasteiger partial charge in [-0.25, -0.2) is 0 Å². The first kappa shape index (κ1) is 39.4. The van der Waals surface area contributed by atoms with Crippen LogP contribution >= 0.6 is 0 Å². The van der Waals surface area contributed by atoms with Crippen LogP contribution in [-0.4, -0.2) is 4.57 Å². The van der Waals surface area contributed by atoms with Gasteiger partial charge in [-0.05, 0) is 103 Å².